The maximum Gasteiger partial charge on any atom is 0.266 e. The van der Waals surface area contributed by atoms with E-state index >= 15 is 0 Å². The number of aromatic hydroxyl groups is 1. The summed E-state index contributed by atoms with van der Waals surface area (Å²) >= 11 is 0. The van der Waals surface area contributed by atoms with E-state index in [9.17, 15) is 20.0 Å². The van der Waals surface area contributed by atoms with Gasteiger partial charge in [0.2, 0.25) is 5.91 Å². The molecule has 0 bridgehead atoms. The van der Waals surface area contributed by atoms with Crippen LogP contribution in [0.5, 0.6) is 5.75 Å². The number of carbonyl (C=O) groups excluding carboxylic acids is 2. The van der Waals surface area contributed by atoms with Gasteiger partial charge in [0, 0.05) is 28.3 Å². The summed E-state index contributed by atoms with van der Waals surface area (Å²) in [5.74, 6) is -0.955. The van der Waals surface area contributed by atoms with E-state index in [0.717, 1.165) is 22.6 Å². The van der Waals surface area contributed by atoms with E-state index < -0.39 is 11.8 Å². The summed E-state index contributed by atoms with van der Waals surface area (Å²) in [6.07, 6.45) is 1.53. The number of carbonyl (C=O) groups is 2. The van der Waals surface area contributed by atoms with E-state index in [0.29, 0.717) is 11.3 Å². The van der Waals surface area contributed by atoms with Gasteiger partial charge in [-0.1, -0.05) is 0 Å². The molecule has 1 aromatic heterocycles. The summed E-state index contributed by atoms with van der Waals surface area (Å²) in [7, 11) is 0. The average Bonchev–Trinajstić information content (AvgIpc) is 3.00. The fourth-order valence-electron chi connectivity index (χ4n) is 3.15. The van der Waals surface area contributed by atoms with Gasteiger partial charge in [0.25, 0.3) is 5.91 Å². The minimum Gasteiger partial charge on any atom is -0.508 e. The van der Waals surface area contributed by atoms with Crippen LogP contribution >= 0.6 is 0 Å². The number of primary amides is 1. The Morgan fingerprint density at radius 2 is 1.73 bits per heavy atom. The van der Waals surface area contributed by atoms with E-state index in [-0.39, 0.29) is 11.3 Å². The number of benzene rings is 2. The van der Waals surface area contributed by atoms with Gasteiger partial charge in [-0.25, -0.2) is 0 Å². The van der Waals surface area contributed by atoms with Gasteiger partial charge < -0.3 is 20.7 Å². The minimum absolute atomic E-state index is 0.0487. The van der Waals surface area contributed by atoms with Crippen LogP contribution in [0.15, 0.2) is 60.2 Å². The van der Waals surface area contributed by atoms with Crippen LogP contribution in [0.3, 0.4) is 0 Å². The Kier molecular flexibility index (Phi) is 5.70. The largest absolute Gasteiger partial charge is 0.508 e. The van der Waals surface area contributed by atoms with Crippen LogP contribution in [0, 0.1) is 25.2 Å². The monoisotopic (exact) mass is 400 g/mol. The predicted molar refractivity (Wildman–Crippen MR) is 114 cm³/mol. The number of nitrogens with two attached hydrogens (primary N) is 1. The molecule has 2 amide bonds. The first kappa shape index (κ1) is 20.4. The zero-order valence-electron chi connectivity index (χ0n) is 16.5. The Balaban J connectivity index is 1.91. The zero-order chi connectivity index (χ0) is 21.8. The van der Waals surface area contributed by atoms with Crippen molar-refractivity contribution >= 4 is 23.6 Å². The van der Waals surface area contributed by atoms with E-state index in [2.05, 4.69) is 5.32 Å². The standard InChI is InChI=1S/C23H20N4O3/c1-14-11-17(15(2)27(14)20-7-3-16(4-8-20)22(25)29)12-18(13-24)23(30)26-19-5-9-21(28)10-6-19/h3-12,28H,1-2H3,(H2,25,29)(H,26,30)/b18-12-. The van der Waals surface area contributed by atoms with Crippen molar-refractivity contribution in [2.75, 3.05) is 5.32 Å². The second-order valence-electron chi connectivity index (χ2n) is 6.74. The average molecular weight is 400 g/mol. The van der Waals surface area contributed by atoms with Gasteiger partial charge >= 0.3 is 0 Å². The number of anilines is 1. The van der Waals surface area contributed by atoms with Gasteiger partial charge in [-0.15, -0.1) is 0 Å². The third-order valence-corrected chi connectivity index (χ3v) is 4.67. The Morgan fingerprint density at radius 1 is 1.10 bits per heavy atom. The van der Waals surface area contributed by atoms with Crippen LogP contribution in [-0.2, 0) is 4.79 Å². The number of amides is 2. The van der Waals surface area contributed by atoms with Gasteiger partial charge in [0.1, 0.15) is 17.4 Å². The fraction of sp³-hybridized carbons (Fsp3) is 0.0870. The number of nitrogens with one attached hydrogen (secondary N) is 1. The number of hydrogen-bond donors (Lipinski definition) is 3. The molecular formula is C23H20N4O3. The molecule has 7 nitrogen and oxygen atoms in total. The number of aromatic nitrogens is 1. The molecule has 4 N–H and O–H groups in total. The highest BCUT2D eigenvalue weighted by Crippen LogP contribution is 2.23. The van der Waals surface area contributed by atoms with Crippen LogP contribution in [-0.4, -0.2) is 21.5 Å². The Bertz CT molecular complexity index is 1180. The van der Waals surface area contributed by atoms with Gasteiger partial charge in [-0.3, -0.25) is 9.59 Å². The van der Waals surface area contributed by atoms with E-state index in [1.54, 1.807) is 36.4 Å². The lowest BCUT2D eigenvalue weighted by Gasteiger charge is -2.10. The highest BCUT2D eigenvalue weighted by Gasteiger charge is 2.14. The molecule has 3 rings (SSSR count). The first-order valence-electron chi connectivity index (χ1n) is 9.11. The molecule has 2 aromatic carbocycles. The molecule has 3 aromatic rings. The highest BCUT2D eigenvalue weighted by atomic mass is 16.3. The molecule has 7 heteroatoms. The lowest BCUT2D eigenvalue weighted by atomic mass is 10.1. The molecule has 150 valence electrons. The molecule has 0 aliphatic heterocycles. The molecule has 0 radical (unpaired) electrons. The van der Waals surface area contributed by atoms with Crippen molar-refractivity contribution in [3.63, 3.8) is 0 Å². The van der Waals surface area contributed by atoms with Crippen LogP contribution in [0.25, 0.3) is 11.8 Å². The lowest BCUT2D eigenvalue weighted by molar-refractivity contribution is -0.112. The van der Waals surface area contributed by atoms with Crippen molar-refractivity contribution < 1.29 is 14.7 Å². The Labute approximate surface area is 173 Å². The summed E-state index contributed by atoms with van der Waals surface area (Å²) in [5, 5.41) is 21.4. The second kappa shape index (κ2) is 8.37. The molecule has 1 heterocycles. The number of phenols is 1. The quantitative estimate of drug-likeness (QED) is 0.345. The van der Waals surface area contributed by atoms with E-state index in [1.807, 2.05) is 30.6 Å². The molecule has 0 aliphatic carbocycles. The van der Waals surface area contributed by atoms with Crippen molar-refractivity contribution in [3.8, 4) is 17.5 Å². The normalized spacial score (nSPS) is 11.0. The molecule has 30 heavy (non-hydrogen) atoms. The van der Waals surface area contributed by atoms with Crippen LogP contribution in [0.2, 0.25) is 0 Å². The third kappa shape index (κ3) is 4.23. The number of rotatable bonds is 5. The molecular weight excluding hydrogens is 380 g/mol. The fourth-order valence-corrected chi connectivity index (χ4v) is 3.15. The summed E-state index contributed by atoms with van der Waals surface area (Å²) < 4.78 is 1.96. The molecule has 0 unspecified atom stereocenters. The third-order valence-electron chi connectivity index (χ3n) is 4.67. The molecule has 0 fully saturated rings. The van der Waals surface area contributed by atoms with Crippen LogP contribution in [0.4, 0.5) is 5.69 Å². The number of phenolic OH excluding ortho intramolecular Hbond substituents is 1. The van der Waals surface area contributed by atoms with Crippen LogP contribution < -0.4 is 11.1 Å². The highest BCUT2D eigenvalue weighted by molar-refractivity contribution is 6.09. The molecule has 0 aliphatic rings. The first-order chi connectivity index (χ1) is 14.3. The van der Waals surface area contributed by atoms with Crippen molar-refractivity contribution in [2.45, 2.75) is 13.8 Å². The summed E-state index contributed by atoms with van der Waals surface area (Å²) in [5.41, 5.74) is 9.43. The van der Waals surface area contributed by atoms with E-state index in [1.165, 1.54) is 18.2 Å². The number of hydrogen-bond acceptors (Lipinski definition) is 4. The van der Waals surface area contributed by atoms with Crippen molar-refractivity contribution in [1.82, 2.24) is 4.57 Å². The Morgan fingerprint density at radius 3 is 2.30 bits per heavy atom. The maximum atomic E-state index is 12.5. The van der Waals surface area contributed by atoms with E-state index in [4.69, 9.17) is 5.73 Å². The zero-order valence-corrected chi connectivity index (χ0v) is 16.5. The van der Waals surface area contributed by atoms with Crippen molar-refractivity contribution in [2.24, 2.45) is 5.73 Å². The minimum atomic E-state index is -0.543. The smallest absolute Gasteiger partial charge is 0.266 e. The number of aryl methyl sites for hydroxylation is 1. The summed E-state index contributed by atoms with van der Waals surface area (Å²) in [6, 6.07) is 16.7. The van der Waals surface area contributed by atoms with Crippen LogP contribution in [0.1, 0.15) is 27.3 Å². The molecule has 0 atom stereocenters. The Hall–Kier alpha value is -4.31. The van der Waals surface area contributed by atoms with Gasteiger partial charge in [0.05, 0.1) is 0 Å². The van der Waals surface area contributed by atoms with Crippen molar-refractivity contribution in [1.29, 1.82) is 5.26 Å². The molecule has 0 saturated carbocycles. The van der Waals surface area contributed by atoms with Gasteiger partial charge in [-0.05, 0) is 80.1 Å². The topological polar surface area (TPSA) is 121 Å². The summed E-state index contributed by atoms with van der Waals surface area (Å²) in [4.78, 5) is 23.8. The predicted octanol–water partition coefficient (Wildman–Crippen LogP) is 3.44. The summed E-state index contributed by atoms with van der Waals surface area (Å²) in [6.45, 7) is 3.79. The first-order valence-corrected chi connectivity index (χ1v) is 9.11. The SMILES string of the molecule is Cc1cc(/C=C(/C#N)C(=O)Nc2ccc(O)cc2)c(C)n1-c1ccc(C(N)=O)cc1. The maximum absolute atomic E-state index is 12.5. The van der Waals surface area contributed by atoms with Gasteiger partial charge in [0.15, 0.2) is 0 Å². The number of nitrogens with zero attached hydrogens (tertiary/aromatic N) is 2. The second-order valence-corrected chi connectivity index (χ2v) is 6.74. The number of nitriles is 1. The van der Waals surface area contributed by atoms with Crippen molar-refractivity contribution in [3.05, 3.63) is 82.7 Å². The molecule has 0 spiro atoms. The molecule has 0 saturated heterocycles. The van der Waals surface area contributed by atoms with Gasteiger partial charge in [-0.2, -0.15) is 5.26 Å². The lowest BCUT2D eigenvalue weighted by Crippen LogP contribution is -2.13.